The molecule has 0 saturated heterocycles. The number of benzene rings is 1. The van der Waals surface area contributed by atoms with E-state index < -0.39 is 45.6 Å². The van der Waals surface area contributed by atoms with Crippen molar-refractivity contribution in [2.75, 3.05) is 0 Å². The van der Waals surface area contributed by atoms with E-state index in [2.05, 4.69) is 4.99 Å². The first-order chi connectivity index (χ1) is 12.9. The Bertz CT molecular complexity index is 880. The molecule has 0 bridgehead atoms. The second-order valence-corrected chi connectivity index (χ2v) is 7.52. The number of aliphatic carboxylic acids is 2. The highest BCUT2D eigenvalue weighted by Gasteiger charge is 2.65. The van der Waals surface area contributed by atoms with Gasteiger partial charge in [-0.15, -0.1) is 0 Å². The average molecular weight is 389 g/mol. The van der Waals surface area contributed by atoms with Crippen molar-refractivity contribution < 1.29 is 24.7 Å². The second-order valence-electron chi connectivity index (χ2n) is 7.52. The van der Waals surface area contributed by atoms with Crippen LogP contribution in [0.1, 0.15) is 39.2 Å². The number of nitrogens with one attached hydrogen (secondary N) is 1. The maximum atomic E-state index is 12.6. The number of non-ortho nitro benzene ring substituents is 1. The number of hydrogen-bond acceptors (Lipinski definition) is 6. The fourth-order valence-corrected chi connectivity index (χ4v) is 4.53. The second kappa shape index (κ2) is 7.14. The normalized spacial score (nSPS) is 29.8. The molecule has 1 aliphatic heterocycles. The molecule has 28 heavy (non-hydrogen) atoms. The third kappa shape index (κ3) is 2.78. The molecule has 4 unspecified atom stereocenters. The monoisotopic (exact) mass is 389 g/mol. The summed E-state index contributed by atoms with van der Waals surface area (Å²) >= 11 is 0. The molecular weight excluding hydrogens is 366 g/mol. The fourth-order valence-electron chi connectivity index (χ4n) is 4.53. The van der Waals surface area contributed by atoms with E-state index >= 15 is 0 Å². The van der Waals surface area contributed by atoms with Gasteiger partial charge < -0.3 is 15.6 Å². The number of carboxylic acids is 2. The lowest BCUT2D eigenvalue weighted by Gasteiger charge is -2.52. The Kier molecular flexibility index (Phi) is 5.41. The van der Waals surface area contributed by atoms with Gasteiger partial charge >= 0.3 is 11.9 Å². The molecule has 0 spiro atoms. The van der Waals surface area contributed by atoms with Gasteiger partial charge in [0.05, 0.1) is 16.7 Å². The first-order valence-electron chi connectivity index (χ1n) is 8.75. The van der Waals surface area contributed by atoms with Crippen LogP contribution in [0.2, 0.25) is 0 Å². The maximum absolute atomic E-state index is 12.6. The van der Waals surface area contributed by atoms with E-state index in [1.54, 1.807) is 20.8 Å². The molecule has 0 saturated carbocycles. The predicted octanol–water partition coefficient (Wildman–Crippen LogP) is 2.99. The maximum Gasteiger partial charge on any atom is 0.316 e. The van der Waals surface area contributed by atoms with Gasteiger partial charge in [-0.2, -0.15) is 0 Å². The predicted molar refractivity (Wildman–Crippen MR) is 102 cm³/mol. The van der Waals surface area contributed by atoms with Gasteiger partial charge in [0.15, 0.2) is 0 Å². The van der Waals surface area contributed by atoms with Crippen molar-refractivity contribution in [3.63, 3.8) is 0 Å². The molecule has 2 rings (SSSR count). The molecule has 0 aromatic heterocycles. The first-order valence-corrected chi connectivity index (χ1v) is 8.75. The van der Waals surface area contributed by atoms with Gasteiger partial charge in [-0.05, 0) is 25.3 Å². The molecule has 0 radical (unpaired) electrons. The molecule has 1 heterocycles. The molecule has 1 aliphatic rings. The summed E-state index contributed by atoms with van der Waals surface area (Å²) in [4.78, 5) is 39.9. The number of rotatable bonds is 6. The van der Waals surface area contributed by atoms with Crippen molar-refractivity contribution in [3.05, 3.63) is 39.9 Å². The lowest BCUT2D eigenvalue weighted by atomic mass is 9.50. The standard InChI is InChI=1S/C19H23N3O6/c1-10(2)19(17(25)26)11(3)21-14(9-20)18(4,16(23)24)15(19)12-6-5-7-13(8-12)22(27)28/h5-11,15,20H,1-4H3,(H,23,24)(H,25,26). The van der Waals surface area contributed by atoms with Crippen LogP contribution in [0, 0.1) is 32.3 Å². The summed E-state index contributed by atoms with van der Waals surface area (Å²) in [6, 6.07) is 4.53. The molecule has 1 aromatic carbocycles. The van der Waals surface area contributed by atoms with E-state index in [1.807, 2.05) is 0 Å². The highest BCUT2D eigenvalue weighted by Crippen LogP contribution is 2.58. The molecule has 9 heteroatoms. The molecule has 150 valence electrons. The summed E-state index contributed by atoms with van der Waals surface area (Å²) in [5.41, 5.74) is -3.61. The zero-order chi connectivity index (χ0) is 21.4. The highest BCUT2D eigenvalue weighted by molar-refractivity contribution is 6.37. The van der Waals surface area contributed by atoms with Gasteiger partial charge in [0.25, 0.3) is 5.69 Å². The average Bonchev–Trinajstić information content (AvgIpc) is 2.61. The van der Waals surface area contributed by atoms with Crippen LogP contribution in [-0.2, 0) is 9.59 Å². The fraction of sp³-hybridized carbons (Fsp3) is 0.474. The minimum absolute atomic E-state index is 0.0680. The van der Waals surface area contributed by atoms with Gasteiger partial charge in [-0.25, -0.2) is 0 Å². The Morgan fingerprint density at radius 1 is 1.32 bits per heavy atom. The number of hydrogen-bond donors (Lipinski definition) is 3. The molecule has 0 fully saturated rings. The van der Waals surface area contributed by atoms with Gasteiger partial charge in [-0.1, -0.05) is 26.0 Å². The van der Waals surface area contributed by atoms with E-state index in [-0.39, 0.29) is 17.0 Å². The van der Waals surface area contributed by atoms with Crippen molar-refractivity contribution in [1.29, 1.82) is 5.41 Å². The lowest BCUT2D eigenvalue weighted by Crippen LogP contribution is -2.61. The molecule has 0 amide bonds. The molecule has 3 N–H and O–H groups in total. The van der Waals surface area contributed by atoms with E-state index in [0.29, 0.717) is 0 Å². The molecule has 1 aromatic rings. The van der Waals surface area contributed by atoms with Crippen molar-refractivity contribution >= 4 is 29.6 Å². The van der Waals surface area contributed by atoms with E-state index in [9.17, 15) is 29.9 Å². The summed E-state index contributed by atoms with van der Waals surface area (Å²) in [7, 11) is 0. The van der Waals surface area contributed by atoms with Crippen LogP contribution in [0.4, 0.5) is 5.69 Å². The number of nitrogens with zero attached hydrogens (tertiary/aromatic N) is 2. The van der Waals surface area contributed by atoms with Gasteiger partial charge in [0.2, 0.25) is 0 Å². The zero-order valence-electron chi connectivity index (χ0n) is 16.0. The zero-order valence-corrected chi connectivity index (χ0v) is 16.0. The first kappa shape index (κ1) is 21.2. The number of nitro benzene ring substituents is 1. The largest absolute Gasteiger partial charge is 0.481 e. The van der Waals surface area contributed by atoms with Crippen LogP contribution in [0.15, 0.2) is 29.3 Å². The Labute approximate surface area is 161 Å². The van der Waals surface area contributed by atoms with Crippen molar-refractivity contribution in [2.45, 2.75) is 39.7 Å². The van der Waals surface area contributed by atoms with Gasteiger partial charge in [-0.3, -0.25) is 24.7 Å². The van der Waals surface area contributed by atoms with E-state index in [0.717, 1.165) is 6.21 Å². The molecule has 9 nitrogen and oxygen atoms in total. The van der Waals surface area contributed by atoms with Gasteiger partial charge in [0.1, 0.15) is 10.8 Å². The van der Waals surface area contributed by atoms with Crippen molar-refractivity contribution in [1.82, 2.24) is 0 Å². The molecule has 0 aliphatic carbocycles. The third-order valence-electron chi connectivity index (χ3n) is 5.93. The summed E-state index contributed by atoms with van der Waals surface area (Å²) in [6.07, 6.45) is 0.821. The van der Waals surface area contributed by atoms with Crippen LogP contribution >= 0.6 is 0 Å². The molecule has 4 atom stereocenters. The van der Waals surface area contributed by atoms with Crippen LogP contribution in [0.25, 0.3) is 0 Å². The Balaban J connectivity index is 3.00. The third-order valence-corrected chi connectivity index (χ3v) is 5.93. The quantitative estimate of drug-likeness (QED) is 0.386. The van der Waals surface area contributed by atoms with E-state index in [1.165, 1.54) is 31.2 Å². The number of carbonyl (C=O) groups is 2. The minimum Gasteiger partial charge on any atom is -0.481 e. The van der Waals surface area contributed by atoms with Crippen LogP contribution in [0.3, 0.4) is 0 Å². The van der Waals surface area contributed by atoms with Crippen LogP contribution in [0.5, 0.6) is 0 Å². The van der Waals surface area contributed by atoms with Crippen LogP contribution < -0.4 is 0 Å². The van der Waals surface area contributed by atoms with Crippen molar-refractivity contribution in [3.8, 4) is 0 Å². The number of carboxylic acid groups (broad SMARTS) is 2. The smallest absolute Gasteiger partial charge is 0.316 e. The minimum atomic E-state index is -1.86. The van der Waals surface area contributed by atoms with Crippen LogP contribution in [-0.4, -0.2) is 45.0 Å². The Morgan fingerprint density at radius 2 is 1.93 bits per heavy atom. The summed E-state index contributed by atoms with van der Waals surface area (Å²) in [6.45, 7) is 6.24. The van der Waals surface area contributed by atoms with Gasteiger partial charge in [0, 0.05) is 24.3 Å². The SMILES string of the molecule is CC(C)C1(C(=O)O)C(C)N=C(C=N)C(C)(C(=O)O)C1c1cccc([N+](=O)[O-])c1. The van der Waals surface area contributed by atoms with E-state index in [4.69, 9.17) is 5.41 Å². The Morgan fingerprint density at radius 3 is 2.36 bits per heavy atom. The summed E-state index contributed by atoms with van der Waals surface area (Å²) in [5, 5.41) is 39.3. The Hall–Kier alpha value is -3.10. The molecular formula is C19H23N3O6. The lowest BCUT2D eigenvalue weighted by molar-refractivity contribution is -0.385. The topological polar surface area (TPSA) is 154 Å². The highest BCUT2D eigenvalue weighted by atomic mass is 16.6. The summed E-state index contributed by atoms with van der Waals surface area (Å²) in [5.74, 6) is -4.30. The number of nitro groups is 1. The number of aliphatic imine (C=N–C) groups is 1. The van der Waals surface area contributed by atoms with Crippen molar-refractivity contribution in [2.24, 2.45) is 21.7 Å². The summed E-state index contributed by atoms with van der Waals surface area (Å²) < 4.78 is 0.